The number of hydrogen-bond donors (Lipinski definition) is 2. The first kappa shape index (κ1) is 14.5. The van der Waals surface area contributed by atoms with E-state index < -0.39 is 0 Å². The largest absolute Gasteiger partial charge is 0.486 e. The molecule has 3 N–H and O–H groups in total. The Morgan fingerprint density at radius 2 is 2.00 bits per heavy atom. The lowest BCUT2D eigenvalue weighted by Gasteiger charge is -2.21. The number of nitrogens with one attached hydrogen (secondary N) is 1. The van der Waals surface area contributed by atoms with Gasteiger partial charge in [-0.05, 0) is 25.3 Å². The fourth-order valence-corrected chi connectivity index (χ4v) is 3.25. The van der Waals surface area contributed by atoms with Crippen molar-refractivity contribution >= 4 is 23.2 Å². The minimum Gasteiger partial charge on any atom is -0.486 e. The predicted molar refractivity (Wildman–Crippen MR) is 81.0 cm³/mol. The Hall–Kier alpha value is -1.46. The number of rotatable bonds is 3. The molecule has 1 aromatic rings. The number of fused-ring (bicyclic) bond motifs is 1. The number of benzene rings is 1. The van der Waals surface area contributed by atoms with Gasteiger partial charge in [0.05, 0.1) is 10.7 Å². The van der Waals surface area contributed by atoms with E-state index in [2.05, 4.69) is 5.32 Å². The van der Waals surface area contributed by atoms with Crippen LogP contribution in [0.25, 0.3) is 0 Å². The van der Waals surface area contributed by atoms with Crippen molar-refractivity contribution in [2.75, 3.05) is 25.1 Å². The predicted octanol–water partition coefficient (Wildman–Crippen LogP) is 2.42. The van der Waals surface area contributed by atoms with Gasteiger partial charge in [0, 0.05) is 18.1 Å². The zero-order chi connectivity index (χ0) is 14.8. The Kier molecular flexibility index (Phi) is 4.22. The van der Waals surface area contributed by atoms with Gasteiger partial charge in [-0.3, -0.25) is 4.79 Å². The monoisotopic (exact) mass is 310 g/mol. The van der Waals surface area contributed by atoms with Crippen molar-refractivity contribution in [1.82, 2.24) is 0 Å². The molecule has 5 nitrogen and oxygen atoms in total. The van der Waals surface area contributed by atoms with Crippen LogP contribution in [0, 0.1) is 11.8 Å². The van der Waals surface area contributed by atoms with Crippen LogP contribution in [-0.2, 0) is 4.79 Å². The Balaban J connectivity index is 1.76. The summed E-state index contributed by atoms with van der Waals surface area (Å²) >= 11 is 6.21. The van der Waals surface area contributed by atoms with Crippen LogP contribution in [0.15, 0.2) is 12.1 Å². The first-order chi connectivity index (χ1) is 10.2. The number of hydrogen-bond acceptors (Lipinski definition) is 4. The molecule has 1 aliphatic carbocycles. The zero-order valence-corrected chi connectivity index (χ0v) is 12.5. The van der Waals surface area contributed by atoms with E-state index in [9.17, 15) is 4.79 Å². The fourth-order valence-electron chi connectivity index (χ4n) is 3.05. The molecule has 1 fully saturated rings. The van der Waals surface area contributed by atoms with Gasteiger partial charge in [0.1, 0.15) is 13.2 Å². The lowest BCUT2D eigenvalue weighted by Crippen LogP contribution is -2.29. The van der Waals surface area contributed by atoms with Crippen LogP contribution in [0.2, 0.25) is 5.02 Å². The highest BCUT2D eigenvalue weighted by molar-refractivity contribution is 6.34. The van der Waals surface area contributed by atoms with E-state index in [0.29, 0.717) is 42.0 Å². The van der Waals surface area contributed by atoms with Gasteiger partial charge in [0.15, 0.2) is 11.5 Å². The molecule has 0 aromatic heterocycles. The Bertz CT molecular complexity index is 550. The standard InChI is InChI=1S/C15H19ClN2O3/c16-11-6-13-14(21-5-4-20-13)7-12(11)18-15(19)10-3-1-2-9(10)8-17/h6-7,9-10H,1-5,8,17H2,(H,18,19)/t9-,10-/m1/s1. The van der Waals surface area contributed by atoms with Crippen molar-refractivity contribution in [3.05, 3.63) is 17.2 Å². The van der Waals surface area contributed by atoms with Gasteiger partial charge >= 0.3 is 0 Å². The van der Waals surface area contributed by atoms with E-state index >= 15 is 0 Å². The van der Waals surface area contributed by atoms with Gasteiger partial charge in [-0.15, -0.1) is 0 Å². The number of carbonyl (C=O) groups excluding carboxylic acids is 1. The van der Waals surface area contributed by atoms with Crippen molar-refractivity contribution < 1.29 is 14.3 Å². The summed E-state index contributed by atoms with van der Waals surface area (Å²) in [6.07, 6.45) is 2.95. The molecule has 1 heterocycles. The molecule has 6 heteroatoms. The summed E-state index contributed by atoms with van der Waals surface area (Å²) in [7, 11) is 0. The summed E-state index contributed by atoms with van der Waals surface area (Å²) in [5.41, 5.74) is 6.30. The average molecular weight is 311 g/mol. The third kappa shape index (κ3) is 2.94. The summed E-state index contributed by atoms with van der Waals surface area (Å²) in [6.45, 7) is 1.56. The van der Waals surface area contributed by atoms with Gasteiger partial charge < -0.3 is 20.5 Å². The van der Waals surface area contributed by atoms with Crippen molar-refractivity contribution in [2.24, 2.45) is 17.6 Å². The molecule has 1 saturated carbocycles. The molecule has 114 valence electrons. The Morgan fingerprint density at radius 1 is 1.29 bits per heavy atom. The van der Waals surface area contributed by atoms with E-state index in [1.807, 2.05) is 0 Å². The molecule has 21 heavy (non-hydrogen) atoms. The van der Waals surface area contributed by atoms with Crippen molar-refractivity contribution in [3.8, 4) is 11.5 Å². The SMILES string of the molecule is NC[C@H]1CCC[C@H]1C(=O)Nc1cc2c(cc1Cl)OCCO2. The van der Waals surface area contributed by atoms with E-state index in [0.717, 1.165) is 19.3 Å². The van der Waals surface area contributed by atoms with Gasteiger partial charge in [-0.2, -0.15) is 0 Å². The van der Waals surface area contributed by atoms with E-state index in [1.54, 1.807) is 12.1 Å². The molecular weight excluding hydrogens is 292 g/mol. The van der Waals surface area contributed by atoms with E-state index in [4.69, 9.17) is 26.8 Å². The summed E-state index contributed by atoms with van der Waals surface area (Å²) in [5.74, 6) is 1.45. The molecule has 0 saturated heterocycles. The first-order valence-corrected chi connectivity index (χ1v) is 7.67. The van der Waals surface area contributed by atoms with E-state index in [-0.39, 0.29) is 17.7 Å². The summed E-state index contributed by atoms with van der Waals surface area (Å²) in [6, 6.07) is 3.40. The Labute approximate surface area is 128 Å². The number of carbonyl (C=O) groups is 1. The van der Waals surface area contributed by atoms with Crippen LogP contribution in [0.4, 0.5) is 5.69 Å². The molecule has 0 unspecified atom stereocenters. The molecule has 1 aromatic carbocycles. The lowest BCUT2D eigenvalue weighted by atomic mass is 9.95. The highest BCUT2D eigenvalue weighted by atomic mass is 35.5. The summed E-state index contributed by atoms with van der Waals surface area (Å²) in [5, 5.41) is 3.36. The average Bonchev–Trinajstić information content (AvgIpc) is 2.96. The van der Waals surface area contributed by atoms with Crippen LogP contribution >= 0.6 is 11.6 Å². The van der Waals surface area contributed by atoms with Crippen LogP contribution < -0.4 is 20.5 Å². The minimum atomic E-state index is -0.0285. The quantitative estimate of drug-likeness (QED) is 0.899. The smallest absolute Gasteiger partial charge is 0.227 e. The summed E-state index contributed by atoms with van der Waals surface area (Å²) in [4.78, 5) is 12.4. The Morgan fingerprint density at radius 3 is 2.71 bits per heavy atom. The molecule has 0 bridgehead atoms. The number of amides is 1. The number of anilines is 1. The second-order valence-corrected chi connectivity index (χ2v) is 5.91. The van der Waals surface area contributed by atoms with Crippen LogP contribution in [-0.4, -0.2) is 25.7 Å². The normalized spacial score (nSPS) is 23.9. The minimum absolute atomic E-state index is 0.0125. The maximum atomic E-state index is 12.4. The van der Waals surface area contributed by atoms with Gasteiger partial charge in [-0.1, -0.05) is 18.0 Å². The third-order valence-electron chi connectivity index (χ3n) is 4.19. The van der Waals surface area contributed by atoms with Crippen molar-refractivity contribution in [2.45, 2.75) is 19.3 Å². The molecule has 3 rings (SSSR count). The fraction of sp³-hybridized carbons (Fsp3) is 0.533. The molecule has 2 aliphatic rings. The maximum absolute atomic E-state index is 12.4. The second-order valence-electron chi connectivity index (χ2n) is 5.50. The lowest BCUT2D eigenvalue weighted by molar-refractivity contribution is -0.120. The van der Waals surface area contributed by atoms with Crippen LogP contribution in [0.5, 0.6) is 11.5 Å². The highest BCUT2D eigenvalue weighted by Crippen LogP contribution is 2.39. The first-order valence-electron chi connectivity index (χ1n) is 7.29. The second kappa shape index (κ2) is 6.12. The molecule has 0 radical (unpaired) electrons. The summed E-state index contributed by atoms with van der Waals surface area (Å²) < 4.78 is 11.0. The zero-order valence-electron chi connectivity index (χ0n) is 11.7. The van der Waals surface area contributed by atoms with Gasteiger partial charge in [0.2, 0.25) is 5.91 Å². The van der Waals surface area contributed by atoms with E-state index in [1.165, 1.54) is 0 Å². The number of nitrogens with two attached hydrogens (primary N) is 1. The maximum Gasteiger partial charge on any atom is 0.227 e. The molecule has 0 spiro atoms. The number of halogens is 1. The van der Waals surface area contributed by atoms with Gasteiger partial charge in [-0.25, -0.2) is 0 Å². The number of ether oxygens (including phenoxy) is 2. The van der Waals surface area contributed by atoms with Crippen molar-refractivity contribution in [1.29, 1.82) is 0 Å². The van der Waals surface area contributed by atoms with Crippen molar-refractivity contribution in [3.63, 3.8) is 0 Å². The van der Waals surface area contributed by atoms with Crippen LogP contribution in [0.3, 0.4) is 0 Å². The van der Waals surface area contributed by atoms with Crippen LogP contribution in [0.1, 0.15) is 19.3 Å². The molecule has 1 aliphatic heterocycles. The molecule has 2 atom stereocenters. The molecule has 1 amide bonds. The topological polar surface area (TPSA) is 73.6 Å². The van der Waals surface area contributed by atoms with Gasteiger partial charge in [0.25, 0.3) is 0 Å². The molecular formula is C15H19ClN2O3. The highest BCUT2D eigenvalue weighted by Gasteiger charge is 2.32. The third-order valence-corrected chi connectivity index (χ3v) is 4.50.